The molecule has 84 valence electrons. The van der Waals surface area contributed by atoms with Crippen LogP contribution in [0.1, 0.15) is 45.4 Å². The van der Waals surface area contributed by atoms with Gasteiger partial charge in [0, 0.05) is 12.5 Å². The van der Waals surface area contributed by atoms with Gasteiger partial charge in [0.1, 0.15) is 6.10 Å². The number of esters is 1. The van der Waals surface area contributed by atoms with Gasteiger partial charge in [-0.05, 0) is 19.3 Å². The smallest absolute Gasteiger partial charge is 0.330 e. The Labute approximate surface area is 91.7 Å². The fourth-order valence-corrected chi connectivity index (χ4v) is 1.32. The van der Waals surface area contributed by atoms with Gasteiger partial charge in [-0.1, -0.05) is 26.3 Å². The van der Waals surface area contributed by atoms with Gasteiger partial charge in [-0.3, -0.25) is 0 Å². The van der Waals surface area contributed by atoms with Gasteiger partial charge in [0.15, 0.2) is 0 Å². The Hall–Kier alpha value is -1.30. The molecular weight excluding hydrogens is 190 g/mol. The highest BCUT2D eigenvalue weighted by atomic mass is 16.5. The Kier molecular flexibility index (Phi) is 8.46. The minimum atomic E-state index is -0.394. The molecule has 0 N–H and O–H groups in total. The summed E-state index contributed by atoms with van der Waals surface area (Å²) in [6, 6.07) is 2.06. The van der Waals surface area contributed by atoms with E-state index in [0.29, 0.717) is 12.8 Å². The van der Waals surface area contributed by atoms with Crippen molar-refractivity contribution in [3.05, 3.63) is 12.7 Å². The van der Waals surface area contributed by atoms with Gasteiger partial charge in [0.2, 0.25) is 0 Å². The Morgan fingerprint density at radius 3 is 2.80 bits per heavy atom. The van der Waals surface area contributed by atoms with Gasteiger partial charge in [0.25, 0.3) is 0 Å². The maximum Gasteiger partial charge on any atom is 0.330 e. The Morgan fingerprint density at radius 2 is 2.27 bits per heavy atom. The molecule has 0 radical (unpaired) electrons. The van der Waals surface area contributed by atoms with Crippen LogP contribution in [0.3, 0.4) is 0 Å². The van der Waals surface area contributed by atoms with Crippen molar-refractivity contribution < 1.29 is 9.53 Å². The summed E-state index contributed by atoms with van der Waals surface area (Å²) in [7, 11) is 0. The lowest BCUT2D eigenvalue weighted by atomic mass is 10.1. The van der Waals surface area contributed by atoms with Gasteiger partial charge in [0.05, 0.1) is 6.07 Å². The van der Waals surface area contributed by atoms with E-state index >= 15 is 0 Å². The molecule has 0 aliphatic heterocycles. The molecule has 0 spiro atoms. The summed E-state index contributed by atoms with van der Waals surface area (Å²) in [6.45, 7) is 5.48. The maximum atomic E-state index is 11.0. The zero-order chi connectivity index (χ0) is 11.5. The van der Waals surface area contributed by atoms with Crippen molar-refractivity contribution in [1.82, 2.24) is 0 Å². The number of ether oxygens (including phenoxy) is 1. The number of unbranched alkanes of at least 4 members (excludes halogenated alkanes) is 2. The van der Waals surface area contributed by atoms with Crippen LogP contribution in [0.5, 0.6) is 0 Å². The van der Waals surface area contributed by atoms with E-state index in [1.807, 2.05) is 0 Å². The molecule has 0 aromatic rings. The first-order chi connectivity index (χ1) is 7.24. The molecule has 0 heterocycles. The van der Waals surface area contributed by atoms with E-state index < -0.39 is 5.97 Å². The van der Waals surface area contributed by atoms with Crippen LogP contribution in [0.4, 0.5) is 0 Å². The largest absolute Gasteiger partial charge is 0.459 e. The molecule has 15 heavy (non-hydrogen) atoms. The number of carbonyl (C=O) groups is 1. The molecule has 0 saturated carbocycles. The summed E-state index contributed by atoms with van der Waals surface area (Å²) in [5.74, 6) is -0.394. The fraction of sp³-hybridized carbons (Fsp3) is 0.667. The molecule has 0 aliphatic rings. The quantitative estimate of drug-likeness (QED) is 0.351. The van der Waals surface area contributed by atoms with Crippen molar-refractivity contribution in [3.63, 3.8) is 0 Å². The average Bonchev–Trinajstić information content (AvgIpc) is 2.25. The Balaban J connectivity index is 3.89. The van der Waals surface area contributed by atoms with Crippen molar-refractivity contribution >= 4 is 5.97 Å². The molecule has 0 aromatic heterocycles. The van der Waals surface area contributed by atoms with E-state index in [9.17, 15) is 4.79 Å². The standard InChI is InChI=1S/C12H19NO2/c1-3-5-6-8-11(9-7-10-13)15-12(14)4-2/h4,11H,2-3,5-9H2,1H3. The summed E-state index contributed by atoms with van der Waals surface area (Å²) in [6.07, 6.45) is 6.25. The first-order valence-electron chi connectivity index (χ1n) is 5.44. The zero-order valence-corrected chi connectivity index (χ0v) is 9.37. The predicted molar refractivity (Wildman–Crippen MR) is 59.1 cm³/mol. The number of nitriles is 1. The van der Waals surface area contributed by atoms with Crippen molar-refractivity contribution in [2.45, 2.75) is 51.6 Å². The third kappa shape index (κ3) is 7.75. The molecule has 0 aliphatic carbocycles. The van der Waals surface area contributed by atoms with Crippen LogP contribution in [-0.2, 0) is 9.53 Å². The normalized spacial score (nSPS) is 11.5. The van der Waals surface area contributed by atoms with E-state index in [1.54, 1.807) is 0 Å². The van der Waals surface area contributed by atoms with Crippen LogP contribution in [0.2, 0.25) is 0 Å². The lowest BCUT2D eigenvalue weighted by Crippen LogP contribution is -2.16. The summed E-state index contributed by atoms with van der Waals surface area (Å²) < 4.78 is 5.14. The summed E-state index contributed by atoms with van der Waals surface area (Å²) in [5.41, 5.74) is 0. The van der Waals surface area contributed by atoms with Crippen LogP contribution >= 0.6 is 0 Å². The second-order valence-corrected chi connectivity index (χ2v) is 3.46. The maximum absolute atomic E-state index is 11.0. The van der Waals surface area contributed by atoms with Gasteiger partial charge < -0.3 is 4.74 Å². The minimum Gasteiger partial charge on any atom is -0.459 e. The number of hydrogen-bond acceptors (Lipinski definition) is 3. The summed E-state index contributed by atoms with van der Waals surface area (Å²) in [4.78, 5) is 11.0. The summed E-state index contributed by atoms with van der Waals surface area (Å²) in [5, 5.41) is 8.47. The lowest BCUT2D eigenvalue weighted by molar-refractivity contribution is -0.143. The molecule has 3 heteroatoms. The van der Waals surface area contributed by atoms with Crippen molar-refractivity contribution in [3.8, 4) is 6.07 Å². The average molecular weight is 209 g/mol. The van der Waals surface area contributed by atoms with E-state index in [-0.39, 0.29) is 6.10 Å². The highest BCUT2D eigenvalue weighted by Crippen LogP contribution is 2.12. The van der Waals surface area contributed by atoms with Crippen LogP contribution in [0, 0.1) is 11.3 Å². The van der Waals surface area contributed by atoms with Crippen LogP contribution < -0.4 is 0 Å². The number of carbonyl (C=O) groups excluding carboxylic acids is 1. The molecule has 0 bridgehead atoms. The first-order valence-corrected chi connectivity index (χ1v) is 5.44. The highest BCUT2D eigenvalue weighted by molar-refractivity contribution is 5.81. The summed E-state index contributed by atoms with van der Waals surface area (Å²) >= 11 is 0. The van der Waals surface area contributed by atoms with Crippen molar-refractivity contribution in [2.24, 2.45) is 0 Å². The van der Waals surface area contributed by atoms with E-state index in [0.717, 1.165) is 25.7 Å². The van der Waals surface area contributed by atoms with Crippen LogP contribution in [0.25, 0.3) is 0 Å². The van der Waals surface area contributed by atoms with Gasteiger partial charge >= 0.3 is 5.97 Å². The Morgan fingerprint density at radius 1 is 1.53 bits per heavy atom. The fourth-order valence-electron chi connectivity index (χ4n) is 1.32. The molecule has 0 fully saturated rings. The molecule has 0 aromatic carbocycles. The van der Waals surface area contributed by atoms with Gasteiger partial charge in [-0.2, -0.15) is 5.26 Å². The van der Waals surface area contributed by atoms with Gasteiger partial charge in [-0.25, -0.2) is 4.79 Å². The second-order valence-electron chi connectivity index (χ2n) is 3.46. The van der Waals surface area contributed by atoms with Crippen LogP contribution in [-0.4, -0.2) is 12.1 Å². The van der Waals surface area contributed by atoms with Gasteiger partial charge in [-0.15, -0.1) is 0 Å². The van der Waals surface area contributed by atoms with Crippen molar-refractivity contribution in [2.75, 3.05) is 0 Å². The molecular formula is C12H19NO2. The number of nitrogens with zero attached hydrogens (tertiary/aromatic N) is 1. The molecule has 1 atom stereocenters. The molecule has 3 nitrogen and oxygen atoms in total. The molecule has 0 rings (SSSR count). The SMILES string of the molecule is C=CC(=O)OC(CCC#N)CCCCC. The van der Waals surface area contributed by atoms with E-state index in [4.69, 9.17) is 10.00 Å². The van der Waals surface area contributed by atoms with Crippen LogP contribution in [0.15, 0.2) is 12.7 Å². The predicted octanol–water partition coefficient (Wildman–Crippen LogP) is 2.97. The topological polar surface area (TPSA) is 50.1 Å². The van der Waals surface area contributed by atoms with E-state index in [1.165, 1.54) is 6.08 Å². The first kappa shape index (κ1) is 13.7. The second kappa shape index (κ2) is 9.26. The molecule has 0 saturated heterocycles. The minimum absolute atomic E-state index is 0.123. The zero-order valence-electron chi connectivity index (χ0n) is 9.37. The third-order valence-electron chi connectivity index (χ3n) is 2.16. The molecule has 1 unspecified atom stereocenters. The lowest BCUT2D eigenvalue weighted by Gasteiger charge is -2.15. The Bertz CT molecular complexity index is 230. The number of hydrogen-bond donors (Lipinski definition) is 0. The third-order valence-corrected chi connectivity index (χ3v) is 2.16. The van der Waals surface area contributed by atoms with E-state index in [2.05, 4.69) is 19.6 Å². The highest BCUT2D eigenvalue weighted by Gasteiger charge is 2.11. The van der Waals surface area contributed by atoms with Crippen molar-refractivity contribution in [1.29, 1.82) is 5.26 Å². The monoisotopic (exact) mass is 209 g/mol. The number of rotatable bonds is 8. The molecule has 0 amide bonds.